The van der Waals surface area contributed by atoms with Gasteiger partial charge in [0, 0.05) is 12.6 Å². The summed E-state index contributed by atoms with van der Waals surface area (Å²) in [4.78, 5) is 11.9. The lowest BCUT2D eigenvalue weighted by atomic mass is 10.3. The van der Waals surface area contributed by atoms with Gasteiger partial charge >= 0.3 is 0 Å². The van der Waals surface area contributed by atoms with Gasteiger partial charge < -0.3 is 19.9 Å². The van der Waals surface area contributed by atoms with E-state index in [2.05, 4.69) is 15.8 Å². The largest absolute Gasteiger partial charge is 0.482 e. The second-order valence-electron chi connectivity index (χ2n) is 4.73. The van der Waals surface area contributed by atoms with E-state index in [0.29, 0.717) is 28.1 Å². The van der Waals surface area contributed by atoms with Crippen LogP contribution in [0.4, 0.5) is 0 Å². The monoisotopic (exact) mass is 357 g/mol. The summed E-state index contributed by atoms with van der Waals surface area (Å²) in [6, 6.07) is 6.60. The lowest BCUT2D eigenvalue weighted by Crippen LogP contribution is -2.26. The molecule has 0 bridgehead atoms. The minimum absolute atomic E-state index is 0.0729. The highest BCUT2D eigenvalue weighted by Crippen LogP contribution is 2.32. The van der Waals surface area contributed by atoms with Gasteiger partial charge in [-0.25, -0.2) is 0 Å². The number of aromatic nitrogens is 1. The molecule has 0 atom stereocenters. The third kappa shape index (κ3) is 5.13. The van der Waals surface area contributed by atoms with E-state index >= 15 is 0 Å². The Balaban J connectivity index is 1.88. The molecule has 23 heavy (non-hydrogen) atoms. The van der Waals surface area contributed by atoms with Crippen molar-refractivity contribution < 1.29 is 14.1 Å². The van der Waals surface area contributed by atoms with Gasteiger partial charge in [0.2, 0.25) is 0 Å². The van der Waals surface area contributed by atoms with Crippen LogP contribution in [0.1, 0.15) is 22.7 Å². The zero-order chi connectivity index (χ0) is 16.7. The van der Waals surface area contributed by atoms with Gasteiger partial charge in [-0.15, -0.1) is 0 Å². The Morgan fingerprint density at radius 2 is 2.04 bits per heavy atom. The molecule has 1 heterocycles. The molecule has 1 amide bonds. The lowest BCUT2D eigenvalue weighted by molar-refractivity contribution is 0.0944. The number of carbonyl (C=O) groups is 1. The van der Waals surface area contributed by atoms with Crippen LogP contribution in [0.2, 0.25) is 10.0 Å². The Kier molecular flexibility index (Phi) is 6.70. The Hall–Kier alpha value is -1.76. The van der Waals surface area contributed by atoms with E-state index < -0.39 is 0 Å². The molecule has 0 unspecified atom stereocenters. The first-order valence-corrected chi connectivity index (χ1v) is 7.82. The molecule has 0 radical (unpaired) electrons. The van der Waals surface area contributed by atoms with Crippen molar-refractivity contribution in [1.82, 2.24) is 15.8 Å². The van der Waals surface area contributed by atoms with Crippen LogP contribution in [0.25, 0.3) is 0 Å². The van der Waals surface area contributed by atoms with Crippen molar-refractivity contribution in [3.63, 3.8) is 0 Å². The fourth-order valence-corrected chi connectivity index (χ4v) is 2.32. The highest BCUT2D eigenvalue weighted by molar-refractivity contribution is 6.37. The molecule has 2 aromatic rings. The molecule has 0 saturated heterocycles. The molecule has 1 aromatic carbocycles. The fraction of sp³-hybridized carbons (Fsp3) is 0.333. The Morgan fingerprint density at radius 1 is 1.30 bits per heavy atom. The van der Waals surface area contributed by atoms with Crippen LogP contribution >= 0.6 is 23.2 Å². The molecular weight excluding hydrogens is 341 g/mol. The number of hydrogen-bond donors (Lipinski definition) is 2. The van der Waals surface area contributed by atoms with Crippen LogP contribution < -0.4 is 15.4 Å². The average Bonchev–Trinajstić information content (AvgIpc) is 3.00. The van der Waals surface area contributed by atoms with Crippen molar-refractivity contribution in [3.05, 3.63) is 45.8 Å². The second-order valence-corrected chi connectivity index (χ2v) is 5.55. The normalized spacial score (nSPS) is 10.6. The van der Waals surface area contributed by atoms with Gasteiger partial charge in [0.15, 0.2) is 17.2 Å². The molecule has 0 aliphatic carbocycles. The van der Waals surface area contributed by atoms with Crippen molar-refractivity contribution in [2.75, 3.05) is 20.1 Å². The van der Waals surface area contributed by atoms with Gasteiger partial charge in [0.1, 0.15) is 6.61 Å². The number of carbonyl (C=O) groups excluding carboxylic acids is 1. The molecule has 0 saturated carbocycles. The van der Waals surface area contributed by atoms with Crippen LogP contribution in [0, 0.1) is 0 Å². The predicted molar refractivity (Wildman–Crippen MR) is 88.2 cm³/mol. The van der Waals surface area contributed by atoms with E-state index in [4.69, 9.17) is 32.5 Å². The summed E-state index contributed by atoms with van der Waals surface area (Å²) in [6.45, 7) is 1.47. The van der Waals surface area contributed by atoms with E-state index in [1.807, 2.05) is 7.05 Å². The maximum absolute atomic E-state index is 11.9. The summed E-state index contributed by atoms with van der Waals surface area (Å²) in [5.41, 5.74) is 0.207. The average molecular weight is 358 g/mol. The fourth-order valence-electron chi connectivity index (χ4n) is 1.81. The highest BCUT2D eigenvalue weighted by atomic mass is 35.5. The zero-order valence-electron chi connectivity index (χ0n) is 12.6. The lowest BCUT2D eigenvalue weighted by Gasteiger charge is -2.07. The second kappa shape index (κ2) is 8.76. The quantitative estimate of drug-likeness (QED) is 0.710. The smallest absolute Gasteiger partial charge is 0.273 e. The van der Waals surface area contributed by atoms with Gasteiger partial charge in [0.05, 0.1) is 10.0 Å². The van der Waals surface area contributed by atoms with E-state index in [9.17, 15) is 4.79 Å². The predicted octanol–water partition coefficient (Wildman–Crippen LogP) is 2.90. The molecule has 0 fully saturated rings. The van der Waals surface area contributed by atoms with E-state index in [1.54, 1.807) is 18.2 Å². The maximum atomic E-state index is 11.9. The van der Waals surface area contributed by atoms with E-state index in [0.717, 1.165) is 13.0 Å². The zero-order valence-corrected chi connectivity index (χ0v) is 14.1. The van der Waals surface area contributed by atoms with Crippen LogP contribution in [-0.2, 0) is 6.61 Å². The standard InChI is InChI=1S/C15H17Cl2N3O3/c1-18-6-3-7-19-15(21)13-8-10(23-20-13)9-22-14-11(16)4-2-5-12(14)17/h2,4-5,8,18H,3,6-7,9H2,1H3,(H,19,21). The highest BCUT2D eigenvalue weighted by Gasteiger charge is 2.13. The number of ether oxygens (including phenoxy) is 1. The number of rotatable bonds is 8. The number of halogens is 2. The molecule has 2 N–H and O–H groups in total. The molecule has 0 aliphatic rings. The minimum atomic E-state index is -0.285. The molecule has 0 aliphatic heterocycles. The van der Waals surface area contributed by atoms with Gasteiger partial charge in [-0.3, -0.25) is 4.79 Å². The van der Waals surface area contributed by atoms with Crippen molar-refractivity contribution >= 4 is 29.1 Å². The van der Waals surface area contributed by atoms with Gasteiger partial charge in [-0.05, 0) is 32.1 Å². The van der Waals surface area contributed by atoms with E-state index in [-0.39, 0.29) is 18.2 Å². The first kappa shape index (κ1) is 17.6. The number of nitrogens with zero attached hydrogens (tertiary/aromatic N) is 1. The van der Waals surface area contributed by atoms with Gasteiger partial charge in [-0.2, -0.15) is 0 Å². The van der Waals surface area contributed by atoms with Crippen molar-refractivity contribution in [2.45, 2.75) is 13.0 Å². The Labute approximate surface area is 144 Å². The van der Waals surface area contributed by atoms with Crippen molar-refractivity contribution in [1.29, 1.82) is 0 Å². The molecule has 2 rings (SSSR count). The third-order valence-electron chi connectivity index (χ3n) is 2.96. The van der Waals surface area contributed by atoms with Crippen molar-refractivity contribution in [2.24, 2.45) is 0 Å². The third-order valence-corrected chi connectivity index (χ3v) is 3.55. The van der Waals surface area contributed by atoms with E-state index in [1.165, 1.54) is 6.07 Å². The SMILES string of the molecule is CNCCCNC(=O)c1cc(COc2c(Cl)cccc2Cl)on1. The number of amides is 1. The summed E-state index contributed by atoms with van der Waals surface area (Å²) in [6.07, 6.45) is 0.834. The molecular formula is C15H17Cl2N3O3. The first-order chi connectivity index (χ1) is 11.1. The molecule has 8 heteroatoms. The minimum Gasteiger partial charge on any atom is -0.482 e. The number of para-hydroxylation sites is 1. The molecule has 124 valence electrons. The van der Waals surface area contributed by atoms with Crippen LogP contribution in [0.3, 0.4) is 0 Å². The molecule has 0 spiro atoms. The molecule has 6 nitrogen and oxygen atoms in total. The molecule has 1 aromatic heterocycles. The maximum Gasteiger partial charge on any atom is 0.273 e. The summed E-state index contributed by atoms with van der Waals surface area (Å²) in [7, 11) is 1.86. The summed E-state index contributed by atoms with van der Waals surface area (Å²) in [5.74, 6) is 0.485. The summed E-state index contributed by atoms with van der Waals surface area (Å²) < 4.78 is 10.6. The topological polar surface area (TPSA) is 76.4 Å². The number of nitrogens with one attached hydrogen (secondary N) is 2. The van der Waals surface area contributed by atoms with Crippen molar-refractivity contribution in [3.8, 4) is 5.75 Å². The van der Waals surface area contributed by atoms with Crippen LogP contribution in [0.15, 0.2) is 28.8 Å². The first-order valence-electron chi connectivity index (χ1n) is 7.07. The summed E-state index contributed by atoms with van der Waals surface area (Å²) >= 11 is 12.0. The number of benzene rings is 1. The van der Waals surface area contributed by atoms with Crippen LogP contribution in [-0.4, -0.2) is 31.2 Å². The Bertz CT molecular complexity index is 641. The van der Waals surface area contributed by atoms with Gasteiger partial charge in [0.25, 0.3) is 5.91 Å². The van der Waals surface area contributed by atoms with Crippen LogP contribution in [0.5, 0.6) is 5.75 Å². The summed E-state index contributed by atoms with van der Waals surface area (Å²) in [5, 5.41) is 10.3. The Morgan fingerprint density at radius 3 is 2.74 bits per heavy atom. The van der Waals surface area contributed by atoms with Gasteiger partial charge in [-0.1, -0.05) is 34.4 Å². The number of hydrogen-bond acceptors (Lipinski definition) is 5.